The lowest BCUT2D eigenvalue weighted by Crippen LogP contribution is -2.52. The zero-order valence-electron chi connectivity index (χ0n) is 18.2. The SMILES string of the molecule is CC(=O)N(Cl)C(CCc1ccccc1)C(=O)NC(CC(C)C)C(=O)OC(C)(C)C. The molecule has 0 fully saturated rings. The van der Waals surface area contributed by atoms with Crippen molar-refractivity contribution in [3.8, 4) is 0 Å². The number of hydrogen-bond donors (Lipinski definition) is 1. The Morgan fingerprint density at radius 2 is 1.72 bits per heavy atom. The lowest BCUT2D eigenvalue weighted by molar-refractivity contribution is -0.159. The average Bonchev–Trinajstić information content (AvgIpc) is 2.60. The van der Waals surface area contributed by atoms with Crippen molar-refractivity contribution in [2.45, 2.75) is 78.5 Å². The van der Waals surface area contributed by atoms with Crippen molar-refractivity contribution >= 4 is 29.6 Å². The van der Waals surface area contributed by atoms with Gasteiger partial charge in [0.05, 0.1) is 0 Å². The van der Waals surface area contributed by atoms with Crippen LogP contribution in [-0.4, -0.2) is 39.9 Å². The minimum atomic E-state index is -0.897. The van der Waals surface area contributed by atoms with Gasteiger partial charge in [0.1, 0.15) is 17.7 Å². The molecule has 2 atom stereocenters. The van der Waals surface area contributed by atoms with Crippen molar-refractivity contribution in [2.24, 2.45) is 5.92 Å². The molecule has 0 heterocycles. The van der Waals surface area contributed by atoms with Gasteiger partial charge in [-0.2, -0.15) is 0 Å². The summed E-state index contributed by atoms with van der Waals surface area (Å²) in [4.78, 5) is 37.4. The Bertz CT molecular complexity index is 686. The summed E-state index contributed by atoms with van der Waals surface area (Å²) in [6.07, 6.45) is 1.33. The van der Waals surface area contributed by atoms with Crippen LogP contribution >= 0.6 is 11.8 Å². The topological polar surface area (TPSA) is 75.7 Å². The molecule has 2 unspecified atom stereocenters. The summed E-state index contributed by atoms with van der Waals surface area (Å²) in [7, 11) is 0. The lowest BCUT2D eigenvalue weighted by Gasteiger charge is -2.28. The van der Waals surface area contributed by atoms with Gasteiger partial charge < -0.3 is 10.1 Å². The van der Waals surface area contributed by atoms with Gasteiger partial charge in [-0.05, 0) is 51.5 Å². The highest BCUT2D eigenvalue weighted by molar-refractivity contribution is 6.22. The van der Waals surface area contributed by atoms with Crippen molar-refractivity contribution in [1.82, 2.24) is 9.74 Å². The highest BCUT2D eigenvalue weighted by atomic mass is 35.5. The van der Waals surface area contributed by atoms with Crippen LogP contribution in [0.1, 0.15) is 59.9 Å². The second-order valence-electron chi connectivity index (χ2n) is 8.59. The number of hydrogen-bond acceptors (Lipinski definition) is 4. The Morgan fingerprint density at radius 3 is 2.21 bits per heavy atom. The zero-order chi connectivity index (χ0) is 22.2. The van der Waals surface area contributed by atoms with Crippen molar-refractivity contribution < 1.29 is 19.1 Å². The average molecular weight is 425 g/mol. The molecule has 162 valence electrons. The van der Waals surface area contributed by atoms with Gasteiger partial charge >= 0.3 is 5.97 Å². The van der Waals surface area contributed by atoms with Crippen molar-refractivity contribution in [3.05, 3.63) is 35.9 Å². The van der Waals surface area contributed by atoms with E-state index >= 15 is 0 Å². The fourth-order valence-electron chi connectivity index (χ4n) is 2.84. The van der Waals surface area contributed by atoms with E-state index in [1.807, 2.05) is 44.2 Å². The highest BCUT2D eigenvalue weighted by Gasteiger charge is 2.32. The predicted molar refractivity (Wildman–Crippen MR) is 114 cm³/mol. The minimum Gasteiger partial charge on any atom is -0.458 e. The number of nitrogens with zero attached hydrogens (tertiary/aromatic N) is 1. The monoisotopic (exact) mass is 424 g/mol. The molecule has 0 saturated carbocycles. The van der Waals surface area contributed by atoms with Crippen LogP contribution in [0.5, 0.6) is 0 Å². The summed E-state index contributed by atoms with van der Waals surface area (Å²) in [5.74, 6) is -1.24. The largest absolute Gasteiger partial charge is 0.458 e. The van der Waals surface area contributed by atoms with E-state index in [-0.39, 0.29) is 5.92 Å². The summed E-state index contributed by atoms with van der Waals surface area (Å²) in [6, 6.07) is 7.93. The lowest BCUT2D eigenvalue weighted by atomic mass is 10.0. The van der Waals surface area contributed by atoms with Crippen LogP contribution in [0.3, 0.4) is 0 Å². The molecule has 7 heteroatoms. The smallest absolute Gasteiger partial charge is 0.329 e. The molecule has 0 aromatic heterocycles. The molecule has 0 bridgehead atoms. The summed E-state index contributed by atoms with van der Waals surface area (Å²) in [5.41, 5.74) is 0.367. The number of benzene rings is 1. The molecular weight excluding hydrogens is 392 g/mol. The molecule has 0 aliphatic carbocycles. The second-order valence-corrected chi connectivity index (χ2v) is 8.96. The van der Waals surface area contributed by atoms with Gasteiger partial charge in [-0.1, -0.05) is 44.2 Å². The third kappa shape index (κ3) is 9.31. The van der Waals surface area contributed by atoms with E-state index in [9.17, 15) is 14.4 Å². The summed E-state index contributed by atoms with van der Waals surface area (Å²) < 4.78 is 6.35. The Labute approximate surface area is 179 Å². The number of esters is 1. The number of carbonyl (C=O) groups excluding carboxylic acids is 3. The third-order valence-electron chi connectivity index (χ3n) is 4.14. The number of carbonyl (C=O) groups is 3. The number of rotatable bonds is 9. The molecule has 0 spiro atoms. The molecule has 1 aromatic rings. The maximum atomic E-state index is 13.0. The molecule has 1 rings (SSSR count). The number of amides is 2. The number of ether oxygens (including phenoxy) is 1. The Kier molecular flexibility index (Phi) is 9.63. The van der Waals surface area contributed by atoms with Crippen molar-refractivity contribution in [3.63, 3.8) is 0 Å². The summed E-state index contributed by atoms with van der Waals surface area (Å²) in [6.45, 7) is 10.5. The fraction of sp³-hybridized carbons (Fsp3) is 0.591. The van der Waals surface area contributed by atoms with Gasteiger partial charge in [0, 0.05) is 18.7 Å². The van der Waals surface area contributed by atoms with Gasteiger partial charge in [0.15, 0.2) is 0 Å². The normalized spacial score (nSPS) is 13.5. The first-order valence-electron chi connectivity index (χ1n) is 9.93. The third-order valence-corrected chi connectivity index (χ3v) is 4.61. The first kappa shape index (κ1) is 25.0. The van der Waals surface area contributed by atoms with Gasteiger partial charge in [-0.25, -0.2) is 9.21 Å². The van der Waals surface area contributed by atoms with E-state index in [4.69, 9.17) is 16.5 Å². The molecule has 0 saturated heterocycles. The highest BCUT2D eigenvalue weighted by Crippen LogP contribution is 2.16. The fourth-order valence-corrected chi connectivity index (χ4v) is 3.03. The van der Waals surface area contributed by atoms with E-state index in [1.54, 1.807) is 20.8 Å². The summed E-state index contributed by atoms with van der Waals surface area (Å²) in [5, 5.41) is 2.75. The van der Waals surface area contributed by atoms with Crippen LogP contribution < -0.4 is 5.32 Å². The molecule has 6 nitrogen and oxygen atoms in total. The van der Waals surface area contributed by atoms with Crippen molar-refractivity contribution in [1.29, 1.82) is 0 Å². The molecule has 1 aromatic carbocycles. The summed E-state index contributed by atoms with van der Waals surface area (Å²) >= 11 is 6.12. The van der Waals surface area contributed by atoms with Gasteiger partial charge in [0.25, 0.3) is 0 Å². The van der Waals surface area contributed by atoms with Crippen LogP contribution in [0.25, 0.3) is 0 Å². The van der Waals surface area contributed by atoms with Gasteiger partial charge in [-0.3, -0.25) is 9.59 Å². The maximum Gasteiger partial charge on any atom is 0.329 e. The quantitative estimate of drug-likeness (QED) is 0.482. The standard InChI is InChI=1S/C22H33ClN2O4/c1-15(2)14-18(21(28)29-22(4,5)6)24-20(27)19(25(23)16(3)26)13-12-17-10-8-7-9-11-17/h7-11,15,18-19H,12-14H2,1-6H3,(H,24,27). The molecule has 0 radical (unpaired) electrons. The maximum absolute atomic E-state index is 13.0. The van der Waals surface area contributed by atoms with E-state index in [0.29, 0.717) is 19.3 Å². The van der Waals surface area contributed by atoms with Crippen LogP contribution in [0.2, 0.25) is 0 Å². The Hall–Kier alpha value is -2.08. The van der Waals surface area contributed by atoms with E-state index < -0.39 is 35.5 Å². The second kappa shape index (κ2) is 11.2. The van der Waals surface area contributed by atoms with Crippen LogP contribution in [0.15, 0.2) is 30.3 Å². The van der Waals surface area contributed by atoms with Gasteiger partial charge in [0.2, 0.25) is 11.8 Å². The Morgan fingerprint density at radius 1 is 1.14 bits per heavy atom. The zero-order valence-corrected chi connectivity index (χ0v) is 19.0. The van der Waals surface area contributed by atoms with Crippen LogP contribution in [0.4, 0.5) is 0 Å². The number of aryl methyl sites for hydroxylation is 1. The minimum absolute atomic E-state index is 0.162. The molecular formula is C22H33ClN2O4. The number of halogens is 1. The molecule has 29 heavy (non-hydrogen) atoms. The molecule has 0 aliphatic heterocycles. The first-order valence-corrected chi connectivity index (χ1v) is 10.3. The molecule has 0 aliphatic rings. The van der Waals surface area contributed by atoms with E-state index in [0.717, 1.165) is 9.98 Å². The molecule has 1 N–H and O–H groups in total. The van der Waals surface area contributed by atoms with Crippen LogP contribution in [0, 0.1) is 5.92 Å². The Balaban J connectivity index is 2.95. The van der Waals surface area contributed by atoms with Crippen molar-refractivity contribution in [2.75, 3.05) is 0 Å². The van der Waals surface area contributed by atoms with E-state index in [1.165, 1.54) is 6.92 Å². The predicted octanol–water partition coefficient (Wildman–Crippen LogP) is 3.86. The number of nitrogens with one attached hydrogen (secondary N) is 1. The van der Waals surface area contributed by atoms with Crippen LogP contribution in [-0.2, 0) is 25.5 Å². The van der Waals surface area contributed by atoms with Gasteiger partial charge in [-0.15, -0.1) is 0 Å². The molecule has 2 amide bonds. The first-order chi connectivity index (χ1) is 13.4. The van der Waals surface area contributed by atoms with E-state index in [2.05, 4.69) is 5.32 Å².